The van der Waals surface area contributed by atoms with Gasteiger partial charge in [0.2, 0.25) is 0 Å². The zero-order valence-corrected chi connectivity index (χ0v) is 11.7. The number of nitrogens with one attached hydrogen (secondary N) is 1. The van der Waals surface area contributed by atoms with Gasteiger partial charge in [-0.1, -0.05) is 19.3 Å². The van der Waals surface area contributed by atoms with Gasteiger partial charge in [0.1, 0.15) is 0 Å². The summed E-state index contributed by atoms with van der Waals surface area (Å²) in [5.41, 5.74) is 0. The Labute approximate surface area is 112 Å². The first-order valence-electron chi connectivity index (χ1n) is 7.89. The molecular weight excluding hydrogens is 226 g/mol. The number of hydrogen-bond acceptors (Lipinski definition) is 3. The zero-order valence-electron chi connectivity index (χ0n) is 11.7. The highest BCUT2D eigenvalue weighted by Gasteiger charge is 2.14. The molecule has 3 nitrogen and oxygen atoms in total. The summed E-state index contributed by atoms with van der Waals surface area (Å²) in [7, 11) is 0. The third-order valence-corrected chi connectivity index (χ3v) is 4.09. The molecule has 0 aromatic carbocycles. The standard InChI is InChI=1S/C15H29NO2/c1-2-6-14(7-3-1)18-13-11-16-10-4-8-15-9-5-12-17-15/h14-16H,1-13H2. The van der Waals surface area contributed by atoms with Crippen molar-refractivity contribution in [3.05, 3.63) is 0 Å². The molecule has 106 valence electrons. The molecular formula is C15H29NO2. The summed E-state index contributed by atoms with van der Waals surface area (Å²) in [5, 5.41) is 3.47. The average Bonchev–Trinajstić information content (AvgIpc) is 2.92. The maximum Gasteiger partial charge on any atom is 0.0594 e. The molecule has 18 heavy (non-hydrogen) atoms. The first-order valence-corrected chi connectivity index (χ1v) is 7.89. The Kier molecular flexibility index (Phi) is 7.06. The molecule has 1 N–H and O–H groups in total. The largest absolute Gasteiger partial charge is 0.378 e. The maximum atomic E-state index is 5.88. The predicted octanol–water partition coefficient (Wildman–Crippen LogP) is 2.88. The first kappa shape index (κ1) is 14.3. The van der Waals surface area contributed by atoms with Gasteiger partial charge < -0.3 is 14.8 Å². The lowest BCUT2D eigenvalue weighted by Crippen LogP contribution is -2.25. The molecule has 1 saturated heterocycles. The molecule has 0 bridgehead atoms. The fraction of sp³-hybridized carbons (Fsp3) is 1.00. The second-order valence-corrected chi connectivity index (χ2v) is 5.66. The van der Waals surface area contributed by atoms with Crippen molar-refractivity contribution in [3.8, 4) is 0 Å². The van der Waals surface area contributed by atoms with E-state index in [1.165, 1.54) is 57.8 Å². The lowest BCUT2D eigenvalue weighted by atomic mass is 9.98. The van der Waals surface area contributed by atoms with Crippen LogP contribution in [0.2, 0.25) is 0 Å². The normalized spacial score (nSPS) is 25.7. The van der Waals surface area contributed by atoms with Gasteiger partial charge in [-0.3, -0.25) is 0 Å². The molecule has 1 saturated carbocycles. The molecule has 3 heteroatoms. The Morgan fingerprint density at radius 2 is 1.89 bits per heavy atom. The van der Waals surface area contributed by atoms with Crippen LogP contribution in [0.25, 0.3) is 0 Å². The van der Waals surface area contributed by atoms with E-state index in [9.17, 15) is 0 Å². The average molecular weight is 255 g/mol. The molecule has 2 rings (SSSR count). The van der Waals surface area contributed by atoms with E-state index >= 15 is 0 Å². The van der Waals surface area contributed by atoms with E-state index in [0.717, 1.165) is 26.3 Å². The minimum atomic E-state index is 0.547. The summed E-state index contributed by atoms with van der Waals surface area (Å²) >= 11 is 0. The van der Waals surface area contributed by atoms with Crippen molar-refractivity contribution < 1.29 is 9.47 Å². The highest BCUT2D eigenvalue weighted by Crippen LogP contribution is 2.20. The molecule has 1 aliphatic carbocycles. The predicted molar refractivity (Wildman–Crippen MR) is 73.9 cm³/mol. The Morgan fingerprint density at radius 1 is 1.00 bits per heavy atom. The first-order chi connectivity index (χ1) is 8.95. The van der Waals surface area contributed by atoms with E-state index in [0.29, 0.717) is 12.2 Å². The minimum absolute atomic E-state index is 0.547. The third-order valence-electron chi connectivity index (χ3n) is 4.09. The van der Waals surface area contributed by atoms with Gasteiger partial charge in [0.05, 0.1) is 18.8 Å². The Balaban J connectivity index is 1.35. The van der Waals surface area contributed by atoms with Gasteiger partial charge in [0.15, 0.2) is 0 Å². The van der Waals surface area contributed by atoms with Gasteiger partial charge in [-0.25, -0.2) is 0 Å². The minimum Gasteiger partial charge on any atom is -0.378 e. The Hall–Kier alpha value is -0.120. The topological polar surface area (TPSA) is 30.5 Å². The van der Waals surface area contributed by atoms with Crippen LogP contribution in [0, 0.1) is 0 Å². The van der Waals surface area contributed by atoms with Gasteiger partial charge in [0.25, 0.3) is 0 Å². The van der Waals surface area contributed by atoms with Gasteiger partial charge in [-0.15, -0.1) is 0 Å². The van der Waals surface area contributed by atoms with E-state index < -0.39 is 0 Å². The van der Waals surface area contributed by atoms with E-state index in [-0.39, 0.29) is 0 Å². The van der Waals surface area contributed by atoms with Crippen molar-refractivity contribution in [3.63, 3.8) is 0 Å². The van der Waals surface area contributed by atoms with Crippen LogP contribution in [-0.2, 0) is 9.47 Å². The molecule has 0 amide bonds. The van der Waals surface area contributed by atoms with Crippen LogP contribution in [0.3, 0.4) is 0 Å². The van der Waals surface area contributed by atoms with Crippen LogP contribution in [0.15, 0.2) is 0 Å². The summed E-state index contributed by atoms with van der Waals surface area (Å²) < 4.78 is 11.5. The van der Waals surface area contributed by atoms with Crippen LogP contribution >= 0.6 is 0 Å². The molecule has 1 unspecified atom stereocenters. The lowest BCUT2D eigenvalue weighted by Gasteiger charge is -2.22. The molecule has 2 aliphatic rings. The molecule has 0 aromatic heterocycles. The van der Waals surface area contributed by atoms with Gasteiger partial charge in [-0.2, -0.15) is 0 Å². The molecule has 1 heterocycles. The van der Waals surface area contributed by atoms with Crippen molar-refractivity contribution in [1.29, 1.82) is 0 Å². The Bertz CT molecular complexity index is 199. The molecule has 1 aliphatic heterocycles. The summed E-state index contributed by atoms with van der Waals surface area (Å²) in [6.07, 6.45) is 12.7. The van der Waals surface area contributed by atoms with Crippen LogP contribution in [0.1, 0.15) is 57.8 Å². The van der Waals surface area contributed by atoms with Gasteiger partial charge >= 0.3 is 0 Å². The molecule has 2 fully saturated rings. The number of rotatable bonds is 8. The molecule has 1 atom stereocenters. The smallest absolute Gasteiger partial charge is 0.0594 e. The molecule has 0 aromatic rings. The van der Waals surface area contributed by atoms with Crippen LogP contribution in [0.4, 0.5) is 0 Å². The second-order valence-electron chi connectivity index (χ2n) is 5.66. The maximum absolute atomic E-state index is 5.88. The third kappa shape index (κ3) is 5.68. The SMILES string of the molecule is C1CCC(OCCNCCCC2CCCO2)CC1. The van der Waals surface area contributed by atoms with E-state index in [1.807, 2.05) is 0 Å². The quantitative estimate of drug-likeness (QED) is 0.677. The fourth-order valence-electron chi connectivity index (χ4n) is 2.98. The van der Waals surface area contributed by atoms with Gasteiger partial charge in [-0.05, 0) is 45.1 Å². The number of hydrogen-bond donors (Lipinski definition) is 1. The van der Waals surface area contributed by atoms with Crippen molar-refractivity contribution in [2.24, 2.45) is 0 Å². The van der Waals surface area contributed by atoms with E-state index in [1.54, 1.807) is 0 Å². The van der Waals surface area contributed by atoms with Crippen molar-refractivity contribution >= 4 is 0 Å². The Morgan fingerprint density at radius 3 is 2.67 bits per heavy atom. The van der Waals surface area contributed by atoms with Crippen LogP contribution in [-0.4, -0.2) is 38.5 Å². The molecule has 0 spiro atoms. The molecule has 0 radical (unpaired) electrons. The van der Waals surface area contributed by atoms with E-state index in [2.05, 4.69) is 5.32 Å². The summed E-state index contributed by atoms with van der Waals surface area (Å²) in [6.45, 7) is 3.97. The fourth-order valence-corrected chi connectivity index (χ4v) is 2.98. The summed E-state index contributed by atoms with van der Waals surface area (Å²) in [4.78, 5) is 0. The van der Waals surface area contributed by atoms with E-state index in [4.69, 9.17) is 9.47 Å². The number of ether oxygens (including phenoxy) is 2. The van der Waals surface area contributed by atoms with Crippen molar-refractivity contribution in [1.82, 2.24) is 5.32 Å². The zero-order chi connectivity index (χ0) is 12.5. The highest BCUT2D eigenvalue weighted by molar-refractivity contribution is 4.66. The summed E-state index contributed by atoms with van der Waals surface area (Å²) in [6, 6.07) is 0. The lowest BCUT2D eigenvalue weighted by molar-refractivity contribution is 0.0302. The second kappa shape index (κ2) is 8.89. The van der Waals surface area contributed by atoms with Crippen LogP contribution in [0.5, 0.6) is 0 Å². The monoisotopic (exact) mass is 255 g/mol. The highest BCUT2D eigenvalue weighted by atomic mass is 16.5. The van der Waals surface area contributed by atoms with Crippen molar-refractivity contribution in [2.45, 2.75) is 70.0 Å². The summed E-state index contributed by atoms with van der Waals surface area (Å²) in [5.74, 6) is 0. The van der Waals surface area contributed by atoms with Crippen molar-refractivity contribution in [2.75, 3.05) is 26.3 Å². The van der Waals surface area contributed by atoms with Crippen LogP contribution < -0.4 is 5.32 Å². The van der Waals surface area contributed by atoms with Gasteiger partial charge in [0, 0.05) is 13.2 Å².